The van der Waals surface area contributed by atoms with Crippen molar-refractivity contribution in [2.45, 2.75) is 6.92 Å². The average Bonchev–Trinajstić information content (AvgIpc) is 2.01. The first kappa shape index (κ1) is 15.2. The number of phenols is 1. The quantitative estimate of drug-likeness (QED) is 0.375. The molecule has 0 fully saturated rings. The Hall–Kier alpha value is 0.236. The van der Waals surface area contributed by atoms with Crippen molar-refractivity contribution >= 4 is 17.1 Å². The minimum absolute atomic E-state index is 0. The summed E-state index contributed by atoms with van der Waals surface area (Å²) in [6.45, 7) is 1.27. The van der Waals surface area contributed by atoms with E-state index in [-0.39, 0.29) is 74.2 Å². The molecule has 1 aromatic carbocycles. The summed E-state index contributed by atoms with van der Waals surface area (Å²) in [6.07, 6.45) is 0. The number of hydrogen-bond donors (Lipinski definition) is 1. The molecular weight excluding hydrogens is 247 g/mol. The van der Waals surface area contributed by atoms with Crippen LogP contribution in [-0.2, 0) is 11.4 Å². The van der Waals surface area contributed by atoms with Gasteiger partial charge in [0.25, 0.3) is 0 Å². The Morgan fingerprint density at radius 3 is 2.60 bits per heavy atom. The molecule has 0 aliphatic heterocycles. The first-order chi connectivity index (χ1) is 6.50. The van der Waals surface area contributed by atoms with Gasteiger partial charge in [-0.15, -0.1) is 0 Å². The summed E-state index contributed by atoms with van der Waals surface area (Å²) in [5.74, 6) is -0.688. The van der Waals surface area contributed by atoms with E-state index in [1.54, 1.807) is 0 Å². The Kier molecular flexibility index (Phi) is 6.85. The normalized spacial score (nSPS) is 11.3. The molecule has 0 bridgehead atoms. The molecule has 0 spiro atoms. The zero-order chi connectivity index (χ0) is 10.7. The van der Waals surface area contributed by atoms with Crippen LogP contribution in [-0.4, -0.2) is 19.7 Å². The molecule has 1 aromatic rings. The molecule has 1 atom stereocenters. The second-order valence-corrected chi connectivity index (χ2v) is 3.10. The molecule has 0 heterocycles. The zero-order valence-electron chi connectivity index (χ0n) is 8.22. The number of hydrogen-bond acceptors (Lipinski definition) is 5. The van der Waals surface area contributed by atoms with Gasteiger partial charge in [0.15, 0.2) is 11.5 Å². The van der Waals surface area contributed by atoms with Crippen LogP contribution < -0.4 is 55.6 Å². The van der Waals surface area contributed by atoms with Crippen molar-refractivity contribution in [1.82, 2.24) is 0 Å². The molecule has 5 nitrogen and oxygen atoms in total. The maximum atomic E-state index is 11.0. The van der Waals surface area contributed by atoms with Crippen LogP contribution >= 0.6 is 0 Å². The Bertz CT molecular complexity index is 393. The van der Waals surface area contributed by atoms with Crippen LogP contribution in [0.25, 0.3) is 0 Å². The van der Waals surface area contributed by atoms with E-state index >= 15 is 0 Å². The van der Waals surface area contributed by atoms with Crippen molar-refractivity contribution < 1.29 is 74.2 Å². The molecule has 1 unspecified atom stereocenters. The van der Waals surface area contributed by atoms with Crippen molar-refractivity contribution in [2.24, 2.45) is 0 Å². The number of ketones is 1. The molecule has 76 valence electrons. The molecule has 1 rings (SSSR count). The van der Waals surface area contributed by atoms with Gasteiger partial charge in [-0.25, -0.2) is 4.21 Å². The molecule has 7 heteroatoms. The summed E-state index contributed by atoms with van der Waals surface area (Å²) in [5, 5.41) is 9.04. The van der Waals surface area contributed by atoms with Gasteiger partial charge in [-0.2, -0.15) is 0 Å². The third-order valence-corrected chi connectivity index (χ3v) is 1.82. The number of aromatic hydroxyl groups is 1. The van der Waals surface area contributed by atoms with Gasteiger partial charge in [0.2, 0.25) is 0 Å². The van der Waals surface area contributed by atoms with Gasteiger partial charge in [-0.1, -0.05) is 0 Å². The average molecular weight is 254 g/mol. The van der Waals surface area contributed by atoms with E-state index in [9.17, 15) is 13.6 Å². The number of Topliss-reactive ketones (excluding diaryl/α,β-unsaturated/α-hetero) is 1. The molecule has 0 amide bonds. The largest absolute Gasteiger partial charge is 1.00 e. The fourth-order valence-corrected chi connectivity index (χ4v) is 1.23. The van der Waals surface area contributed by atoms with Gasteiger partial charge in [0.05, 0.1) is 5.56 Å². The first-order valence-electron chi connectivity index (χ1n) is 3.62. The smallest absolute Gasteiger partial charge is 0.740 e. The van der Waals surface area contributed by atoms with Gasteiger partial charge in [0.1, 0.15) is 17.1 Å². The van der Waals surface area contributed by atoms with Crippen LogP contribution in [0.3, 0.4) is 0 Å². The Morgan fingerprint density at radius 2 is 2.13 bits per heavy atom. The Balaban J connectivity index is 0.00000196. The van der Waals surface area contributed by atoms with Crippen molar-refractivity contribution in [1.29, 1.82) is 0 Å². The van der Waals surface area contributed by atoms with E-state index in [0.717, 1.165) is 6.07 Å². The van der Waals surface area contributed by atoms with Crippen molar-refractivity contribution in [2.75, 3.05) is 0 Å². The Morgan fingerprint density at radius 1 is 1.53 bits per heavy atom. The monoisotopic (exact) mass is 254 g/mol. The molecule has 0 aromatic heterocycles. The van der Waals surface area contributed by atoms with Crippen molar-refractivity contribution in [3.8, 4) is 11.5 Å². The third-order valence-electron chi connectivity index (χ3n) is 1.50. The van der Waals surface area contributed by atoms with Gasteiger partial charge >= 0.3 is 51.4 Å². The molecule has 0 radical (unpaired) electrons. The summed E-state index contributed by atoms with van der Waals surface area (Å²) >= 11 is -2.76. The topological polar surface area (TPSA) is 86.7 Å². The fourth-order valence-electron chi connectivity index (χ4n) is 0.944. The molecule has 0 aliphatic rings. The van der Waals surface area contributed by atoms with Gasteiger partial charge < -0.3 is 13.8 Å². The van der Waals surface area contributed by atoms with Crippen LogP contribution in [0.2, 0.25) is 0 Å². The number of benzene rings is 1. The van der Waals surface area contributed by atoms with Crippen LogP contribution in [0.1, 0.15) is 17.3 Å². The number of carbonyl (C=O) groups is 1. The summed E-state index contributed by atoms with van der Waals surface area (Å²) in [6, 6.07) is 3.63. The maximum absolute atomic E-state index is 11.0. The van der Waals surface area contributed by atoms with Gasteiger partial charge in [-0.05, 0) is 19.1 Å². The van der Waals surface area contributed by atoms with Crippen molar-refractivity contribution in [3.63, 3.8) is 0 Å². The number of phenolic OH excluding ortho intramolecular Hbond substituents is 1. The standard InChI is InChI=1S/C8H8O5S.K/c1-5(9)7-3-2-6(10)4-8(7)13-14(11)12;/h2-4,10H,1H3,(H,11,12);/q;+1/p-1. The van der Waals surface area contributed by atoms with Crippen LogP contribution in [0, 0.1) is 0 Å². The van der Waals surface area contributed by atoms with Crippen LogP contribution in [0.5, 0.6) is 11.5 Å². The van der Waals surface area contributed by atoms with E-state index in [2.05, 4.69) is 4.18 Å². The molecule has 0 saturated heterocycles. The summed E-state index contributed by atoms with van der Waals surface area (Å²) in [7, 11) is 0. The van der Waals surface area contributed by atoms with E-state index in [1.165, 1.54) is 19.1 Å². The van der Waals surface area contributed by atoms with E-state index in [4.69, 9.17) is 5.11 Å². The van der Waals surface area contributed by atoms with E-state index in [1.807, 2.05) is 0 Å². The minimum atomic E-state index is -2.76. The fraction of sp³-hybridized carbons (Fsp3) is 0.125. The summed E-state index contributed by atoms with van der Waals surface area (Å²) < 4.78 is 24.8. The number of rotatable bonds is 3. The minimum Gasteiger partial charge on any atom is -0.740 e. The SMILES string of the molecule is CC(=O)c1ccc(O)cc1OS(=O)[O-].[K+]. The van der Waals surface area contributed by atoms with Crippen molar-refractivity contribution in [3.05, 3.63) is 23.8 Å². The maximum Gasteiger partial charge on any atom is 1.00 e. The van der Waals surface area contributed by atoms with Crippen LogP contribution in [0.4, 0.5) is 0 Å². The molecule has 0 aliphatic carbocycles. The number of carbonyl (C=O) groups excluding carboxylic acids is 1. The third kappa shape index (κ3) is 4.73. The predicted octanol–water partition coefficient (Wildman–Crippen LogP) is -2.23. The zero-order valence-corrected chi connectivity index (χ0v) is 12.2. The van der Waals surface area contributed by atoms with E-state index in [0.29, 0.717) is 0 Å². The molecule has 0 saturated carbocycles. The van der Waals surface area contributed by atoms with E-state index < -0.39 is 11.4 Å². The second-order valence-electron chi connectivity index (χ2n) is 2.52. The first-order valence-corrected chi connectivity index (χ1v) is 4.62. The molecular formula is C8H7KO5S. The summed E-state index contributed by atoms with van der Waals surface area (Å²) in [4.78, 5) is 11.0. The van der Waals surface area contributed by atoms with Crippen LogP contribution in [0.15, 0.2) is 18.2 Å². The second kappa shape index (κ2) is 6.74. The van der Waals surface area contributed by atoms with Gasteiger partial charge in [-0.3, -0.25) is 4.79 Å². The molecule has 1 N–H and O–H groups in total. The van der Waals surface area contributed by atoms with Gasteiger partial charge in [0, 0.05) is 6.07 Å². The Labute approximate surface area is 132 Å². The molecule has 15 heavy (non-hydrogen) atoms. The summed E-state index contributed by atoms with van der Waals surface area (Å²) in [5.41, 5.74) is 0.104. The predicted molar refractivity (Wildman–Crippen MR) is 47.7 cm³/mol.